The molecule has 12 heterocycles. The molecule has 240 valence electrons. The van der Waals surface area contributed by atoms with Crippen molar-refractivity contribution in [3.05, 3.63) is 60.2 Å². The molecule has 16 rings (SSSR count). The maximum atomic E-state index is 4.89. The van der Waals surface area contributed by atoms with Gasteiger partial charge in [-0.3, -0.25) is 0 Å². The van der Waals surface area contributed by atoms with Gasteiger partial charge in [-0.15, -0.1) is 0 Å². The van der Waals surface area contributed by atoms with Crippen LogP contribution in [0.2, 0.25) is 46.7 Å². The van der Waals surface area contributed by atoms with Crippen LogP contribution >= 0.6 is 17.2 Å². The third-order valence-electron chi connectivity index (χ3n) is 25.0. The molecule has 0 amide bonds. The Morgan fingerprint density at radius 1 is 0.778 bits per heavy atom. The Bertz CT molecular complexity index is 2150. The van der Waals surface area contributed by atoms with Gasteiger partial charge >= 0.3 is 265 Å². The fraction of sp³-hybridized carbons (Fsp3) is 0.750. The van der Waals surface area contributed by atoms with E-state index in [2.05, 4.69) is 87.4 Å². The Labute approximate surface area is 264 Å². The van der Waals surface area contributed by atoms with Crippen LogP contribution in [0.5, 0.6) is 0 Å². The maximum absolute atomic E-state index is 4.89. The monoisotopic (exact) mass is 678 g/mol. The van der Waals surface area contributed by atoms with E-state index in [1.165, 1.54) is 40.0 Å². The Morgan fingerprint density at radius 3 is 1.69 bits per heavy atom. The SMILES string of the molecule is CC(C)(C)P(C[C]12[CH]3[C]4(C(C)(C)C)[CH]5[C]1(C(P)(c1cccnc1)c1cccnc1)[Fe]35241678[CH]2[CH]1[CH]6[CH]7[CH]28)C1C2CC3CC(C2)CC1C3. The van der Waals surface area contributed by atoms with Gasteiger partial charge in [-0.25, -0.2) is 0 Å². The van der Waals surface area contributed by atoms with Crippen molar-refractivity contribution in [2.24, 2.45) is 29.1 Å². The average molecular weight is 679 g/mol. The van der Waals surface area contributed by atoms with Crippen molar-refractivity contribution in [3.63, 3.8) is 0 Å². The fourth-order valence-corrected chi connectivity index (χ4v) is 121. The molecular formula is C40H52FeN2P2. The normalized spacial score (nSPS) is 69.8. The zero-order chi connectivity index (χ0) is 30.3. The summed E-state index contributed by atoms with van der Waals surface area (Å²) < 4.78 is 2.08. The van der Waals surface area contributed by atoms with Crippen molar-refractivity contribution in [3.8, 4) is 0 Å². The predicted octanol–water partition coefficient (Wildman–Crippen LogP) is 11.2. The van der Waals surface area contributed by atoms with Crippen molar-refractivity contribution >= 4 is 17.2 Å². The number of rotatable bonds is 6. The van der Waals surface area contributed by atoms with E-state index in [0.717, 1.165) is 42.8 Å². The van der Waals surface area contributed by atoms with Crippen molar-refractivity contribution < 1.29 is 6.51 Å². The first-order valence-corrected chi connectivity index (χ1v) is 27.0. The quantitative estimate of drug-likeness (QED) is 0.225. The summed E-state index contributed by atoms with van der Waals surface area (Å²) in [6.45, 7) is 12.2. The third kappa shape index (κ3) is 0.702. The van der Waals surface area contributed by atoms with Crippen LogP contribution in [0.4, 0.5) is 0 Å². The summed E-state index contributed by atoms with van der Waals surface area (Å²) in [7, 11) is 3.73. The molecular weight excluding hydrogens is 626 g/mol. The van der Waals surface area contributed by atoms with E-state index in [-0.39, 0.29) is 13.1 Å². The summed E-state index contributed by atoms with van der Waals surface area (Å²) in [5, 5.41) is 0.444. The second-order valence-electron chi connectivity index (χ2n) is 23.3. The minimum absolute atomic E-state index is 0.0129. The molecule has 5 heteroatoms. The Balaban J connectivity index is 1.04. The van der Waals surface area contributed by atoms with Crippen LogP contribution in [0.25, 0.3) is 0 Å². The van der Waals surface area contributed by atoms with Crippen LogP contribution < -0.4 is 0 Å². The second kappa shape index (κ2) is 3.96. The summed E-state index contributed by atoms with van der Waals surface area (Å²) in [4.78, 5) is 18.3. The van der Waals surface area contributed by atoms with Crippen LogP contribution in [-0.4, -0.2) is 26.9 Å². The van der Waals surface area contributed by atoms with Gasteiger partial charge in [0.1, 0.15) is 0 Å². The molecule has 0 aromatic carbocycles. The standard InChI is InChI=1S/C35H47N2P2.C5H5.Fe/c1-33(2,3)30-18-27(22-39(34(4,5)6)32-25-14-23-13-24(16-25)17-26(32)15-23)31(19-30)35(38,28-9-7-11-36-20-28)29-10-8-12-37-21-29;1-2-4-5-3-1;/h7-12,18-21,23-26,32H,13-17,22,38H2,1-6H3;1-5H;. The van der Waals surface area contributed by atoms with E-state index in [1.54, 1.807) is 38.3 Å². The molecule has 14 fully saturated rings. The van der Waals surface area contributed by atoms with Gasteiger partial charge in [0, 0.05) is 0 Å². The zero-order valence-corrected chi connectivity index (χ0v) is 31.2. The topological polar surface area (TPSA) is 25.8 Å². The molecule has 2 nitrogen and oxygen atoms in total. The molecule has 0 radical (unpaired) electrons. The van der Waals surface area contributed by atoms with Crippen LogP contribution in [0.15, 0.2) is 49.1 Å². The predicted molar refractivity (Wildman–Crippen MR) is 185 cm³/mol. The van der Waals surface area contributed by atoms with Crippen molar-refractivity contribution in [1.29, 1.82) is 0 Å². The van der Waals surface area contributed by atoms with Crippen LogP contribution in [-0.2, 0) is 11.7 Å². The Kier molecular flexibility index (Phi) is 2.18. The molecule has 0 N–H and O–H groups in total. The summed E-state index contributed by atoms with van der Waals surface area (Å²) in [6.07, 6.45) is 18.3. The number of aromatic nitrogens is 2. The summed E-state index contributed by atoms with van der Waals surface area (Å²) in [5.74, 6) is 4.28. The van der Waals surface area contributed by atoms with Crippen molar-refractivity contribution in [2.75, 3.05) is 6.16 Å². The first-order chi connectivity index (χ1) is 21.2. The summed E-state index contributed by atoms with van der Waals surface area (Å²) >= 11 is 0. The number of pyridine rings is 2. The molecule has 10 aliphatic heterocycles. The van der Waals surface area contributed by atoms with Crippen LogP contribution in [0, 0.1) is 29.1 Å². The number of fused-ring (bicyclic) bond motifs is 10. The van der Waals surface area contributed by atoms with E-state index < -0.39 is 6.51 Å². The van der Waals surface area contributed by atoms with Gasteiger partial charge in [0.15, 0.2) is 0 Å². The first-order valence-electron chi connectivity index (χ1n) is 18.7. The molecule has 45 heavy (non-hydrogen) atoms. The molecule has 10 saturated heterocycles. The molecule has 1 spiro atoms. The summed E-state index contributed by atoms with van der Waals surface area (Å²) in [6, 6.07) is 9.53. The molecule has 2 aromatic heterocycles. The average Bonchev–Trinajstić information content (AvgIpc) is 3.94. The summed E-state index contributed by atoms with van der Waals surface area (Å²) in [5.41, 5.74) is 4.58. The Hall–Kier alpha value is -0.321. The Morgan fingerprint density at radius 2 is 1.29 bits per heavy atom. The molecule has 7 atom stereocenters. The number of hydrogen-bond donors (Lipinski definition) is 0. The van der Waals surface area contributed by atoms with Gasteiger partial charge < -0.3 is 0 Å². The van der Waals surface area contributed by atoms with Gasteiger partial charge in [0.05, 0.1) is 0 Å². The van der Waals surface area contributed by atoms with Gasteiger partial charge in [0.25, 0.3) is 0 Å². The van der Waals surface area contributed by atoms with E-state index in [9.17, 15) is 0 Å². The van der Waals surface area contributed by atoms with Gasteiger partial charge in [-0.05, 0) is 0 Å². The van der Waals surface area contributed by atoms with E-state index >= 15 is 0 Å². The fourth-order valence-electron chi connectivity index (χ4n) is 28.3. The van der Waals surface area contributed by atoms with E-state index in [1.807, 2.05) is 12.4 Å². The van der Waals surface area contributed by atoms with E-state index in [0.29, 0.717) is 14.9 Å². The minimum atomic E-state index is -4.24. The van der Waals surface area contributed by atoms with E-state index in [4.69, 9.17) is 9.97 Å². The second-order valence-corrected chi connectivity index (χ2v) is 50.3. The van der Waals surface area contributed by atoms with Crippen molar-refractivity contribution in [2.45, 2.75) is 136 Å². The van der Waals surface area contributed by atoms with Crippen molar-refractivity contribution in [1.82, 2.24) is 9.97 Å². The van der Waals surface area contributed by atoms with Crippen LogP contribution in [0.3, 0.4) is 0 Å². The third-order valence-corrected chi connectivity index (χ3v) is 75.3. The zero-order valence-electron chi connectivity index (χ0n) is 28.1. The van der Waals surface area contributed by atoms with Gasteiger partial charge in [-0.2, -0.15) is 0 Å². The van der Waals surface area contributed by atoms with Gasteiger partial charge in [0.2, 0.25) is 0 Å². The molecule has 4 bridgehead atoms. The molecule has 14 aliphatic rings. The molecule has 7 unspecified atom stereocenters. The first kappa shape index (κ1) is 24.8. The van der Waals surface area contributed by atoms with Crippen LogP contribution in [0.1, 0.15) is 84.8 Å². The number of nitrogens with zero attached hydrogens (tertiary/aromatic N) is 2. The molecule has 4 saturated carbocycles. The molecule has 4 aliphatic carbocycles. The molecule has 2 aromatic rings. The number of hydrogen-bond acceptors (Lipinski definition) is 2. The van der Waals surface area contributed by atoms with Gasteiger partial charge in [-0.1, -0.05) is 0 Å².